The molecule has 2 N–H and O–H groups in total. The minimum absolute atomic E-state index is 0.0337. The highest BCUT2D eigenvalue weighted by Gasteiger charge is 2.27. The average molecular weight is 289 g/mol. The molecule has 0 aliphatic heterocycles. The molecule has 0 bridgehead atoms. The summed E-state index contributed by atoms with van der Waals surface area (Å²) in [5.74, 6) is -0.806. The van der Waals surface area contributed by atoms with Crippen molar-refractivity contribution in [2.45, 2.75) is 13.8 Å². The Morgan fingerprint density at radius 3 is 2.67 bits per heavy atom. The lowest BCUT2D eigenvalue weighted by Gasteiger charge is -2.19. The first-order valence-electron chi connectivity index (χ1n) is 6.23. The largest absolute Gasteiger partial charge is 0.481 e. The second-order valence-electron chi connectivity index (χ2n) is 5.12. The zero-order valence-corrected chi connectivity index (χ0v) is 11.6. The van der Waals surface area contributed by atoms with Gasteiger partial charge in [-0.1, -0.05) is 0 Å². The highest BCUT2D eigenvalue weighted by molar-refractivity contribution is 5.94. The lowest BCUT2D eigenvalue weighted by Crippen LogP contribution is -2.38. The molecule has 2 rings (SSSR count). The SMILES string of the molecule is CC(C)(CNC(=O)c1ccc(-n2cncn2)nc1)C(=O)O. The molecule has 8 nitrogen and oxygen atoms in total. The van der Waals surface area contributed by atoms with Crippen LogP contribution in [0.3, 0.4) is 0 Å². The summed E-state index contributed by atoms with van der Waals surface area (Å²) >= 11 is 0. The van der Waals surface area contributed by atoms with E-state index in [0.717, 1.165) is 0 Å². The maximum Gasteiger partial charge on any atom is 0.310 e. The van der Waals surface area contributed by atoms with E-state index in [0.29, 0.717) is 11.4 Å². The van der Waals surface area contributed by atoms with Crippen LogP contribution in [-0.2, 0) is 4.79 Å². The Bertz CT molecular complexity index is 634. The summed E-state index contributed by atoms with van der Waals surface area (Å²) in [5.41, 5.74) is -0.677. The number of amides is 1. The first-order chi connectivity index (χ1) is 9.90. The fraction of sp³-hybridized carbons (Fsp3) is 0.308. The van der Waals surface area contributed by atoms with E-state index in [1.54, 1.807) is 26.0 Å². The Labute approximate surface area is 120 Å². The van der Waals surface area contributed by atoms with E-state index >= 15 is 0 Å². The third kappa shape index (κ3) is 3.41. The van der Waals surface area contributed by atoms with E-state index in [-0.39, 0.29) is 12.5 Å². The van der Waals surface area contributed by atoms with Gasteiger partial charge < -0.3 is 10.4 Å². The molecule has 0 saturated carbocycles. The van der Waals surface area contributed by atoms with Crippen LogP contribution in [0.5, 0.6) is 0 Å². The Balaban J connectivity index is 2.02. The van der Waals surface area contributed by atoms with E-state index in [2.05, 4.69) is 20.4 Å². The Morgan fingerprint density at radius 1 is 1.38 bits per heavy atom. The summed E-state index contributed by atoms with van der Waals surface area (Å²) in [6.07, 6.45) is 4.29. The quantitative estimate of drug-likeness (QED) is 0.829. The summed E-state index contributed by atoms with van der Waals surface area (Å²) in [6, 6.07) is 3.22. The van der Waals surface area contributed by atoms with Crippen LogP contribution in [0.2, 0.25) is 0 Å². The Hall–Kier alpha value is -2.77. The molecule has 2 aromatic heterocycles. The summed E-state index contributed by atoms with van der Waals surface area (Å²) in [6.45, 7) is 3.12. The van der Waals surface area contributed by atoms with Crippen molar-refractivity contribution in [2.24, 2.45) is 5.41 Å². The number of carbonyl (C=O) groups is 2. The maximum absolute atomic E-state index is 11.9. The summed E-state index contributed by atoms with van der Waals surface area (Å²) in [4.78, 5) is 30.8. The Kier molecular flexibility index (Phi) is 3.97. The van der Waals surface area contributed by atoms with E-state index in [1.165, 1.54) is 23.5 Å². The molecular formula is C13H15N5O3. The molecule has 0 radical (unpaired) electrons. The van der Waals surface area contributed by atoms with Crippen molar-refractivity contribution >= 4 is 11.9 Å². The first kappa shape index (κ1) is 14.6. The van der Waals surface area contributed by atoms with Crippen molar-refractivity contribution in [1.82, 2.24) is 25.1 Å². The van der Waals surface area contributed by atoms with Crippen LogP contribution in [0.1, 0.15) is 24.2 Å². The van der Waals surface area contributed by atoms with Crippen LogP contribution in [-0.4, -0.2) is 43.3 Å². The molecule has 2 heterocycles. The number of carbonyl (C=O) groups excluding carboxylic acids is 1. The fourth-order valence-corrected chi connectivity index (χ4v) is 1.46. The highest BCUT2D eigenvalue weighted by Crippen LogP contribution is 2.13. The van der Waals surface area contributed by atoms with Crippen LogP contribution < -0.4 is 5.32 Å². The van der Waals surface area contributed by atoms with Gasteiger partial charge in [0, 0.05) is 12.7 Å². The van der Waals surface area contributed by atoms with E-state index in [4.69, 9.17) is 5.11 Å². The van der Waals surface area contributed by atoms with Gasteiger partial charge in [0.1, 0.15) is 12.7 Å². The molecule has 0 aliphatic rings. The van der Waals surface area contributed by atoms with Crippen LogP contribution in [0.25, 0.3) is 5.82 Å². The van der Waals surface area contributed by atoms with Crippen LogP contribution in [0, 0.1) is 5.41 Å². The Morgan fingerprint density at radius 2 is 2.14 bits per heavy atom. The maximum atomic E-state index is 11.9. The molecule has 1 amide bonds. The topological polar surface area (TPSA) is 110 Å². The van der Waals surface area contributed by atoms with Crippen LogP contribution in [0.4, 0.5) is 0 Å². The monoisotopic (exact) mass is 289 g/mol. The second-order valence-corrected chi connectivity index (χ2v) is 5.12. The second kappa shape index (κ2) is 5.70. The zero-order chi connectivity index (χ0) is 15.5. The number of aliphatic carboxylic acids is 1. The normalized spacial score (nSPS) is 11.1. The third-order valence-corrected chi connectivity index (χ3v) is 2.93. The van der Waals surface area contributed by atoms with E-state index in [9.17, 15) is 9.59 Å². The smallest absolute Gasteiger partial charge is 0.310 e. The minimum Gasteiger partial charge on any atom is -0.481 e. The molecule has 0 saturated heterocycles. The van der Waals surface area contributed by atoms with Gasteiger partial charge in [-0.2, -0.15) is 5.10 Å². The van der Waals surface area contributed by atoms with Gasteiger partial charge in [-0.15, -0.1) is 0 Å². The molecule has 0 atom stereocenters. The summed E-state index contributed by atoms with van der Waals surface area (Å²) in [7, 11) is 0. The molecule has 110 valence electrons. The van der Waals surface area contributed by atoms with Gasteiger partial charge in [0.25, 0.3) is 5.91 Å². The van der Waals surface area contributed by atoms with Crippen molar-refractivity contribution in [1.29, 1.82) is 0 Å². The molecule has 0 aromatic carbocycles. The van der Waals surface area contributed by atoms with Gasteiger partial charge in [-0.05, 0) is 26.0 Å². The van der Waals surface area contributed by atoms with Crippen molar-refractivity contribution < 1.29 is 14.7 Å². The number of rotatable bonds is 5. The number of nitrogens with one attached hydrogen (secondary N) is 1. The lowest BCUT2D eigenvalue weighted by atomic mass is 9.94. The predicted molar refractivity (Wildman–Crippen MR) is 72.9 cm³/mol. The van der Waals surface area contributed by atoms with Crippen LogP contribution in [0.15, 0.2) is 31.0 Å². The van der Waals surface area contributed by atoms with E-state index in [1.807, 2.05) is 0 Å². The number of carboxylic acid groups (broad SMARTS) is 1. The summed E-state index contributed by atoms with van der Waals surface area (Å²) in [5, 5.41) is 15.5. The summed E-state index contributed by atoms with van der Waals surface area (Å²) < 4.78 is 1.47. The van der Waals surface area contributed by atoms with Crippen LogP contribution >= 0.6 is 0 Å². The highest BCUT2D eigenvalue weighted by atomic mass is 16.4. The number of hydrogen-bond acceptors (Lipinski definition) is 5. The molecular weight excluding hydrogens is 274 g/mol. The molecule has 0 fully saturated rings. The molecule has 0 aliphatic carbocycles. The molecule has 0 unspecified atom stereocenters. The number of aromatic nitrogens is 4. The van der Waals surface area contributed by atoms with Crippen molar-refractivity contribution in [3.8, 4) is 5.82 Å². The molecule has 8 heteroatoms. The molecule has 21 heavy (non-hydrogen) atoms. The van der Waals surface area contributed by atoms with Gasteiger partial charge in [0.2, 0.25) is 0 Å². The van der Waals surface area contributed by atoms with Gasteiger partial charge in [-0.25, -0.2) is 14.6 Å². The number of hydrogen-bond donors (Lipinski definition) is 2. The number of carboxylic acids is 1. The van der Waals surface area contributed by atoms with Crippen molar-refractivity contribution in [3.05, 3.63) is 36.5 Å². The van der Waals surface area contributed by atoms with Gasteiger partial charge in [0.15, 0.2) is 5.82 Å². The van der Waals surface area contributed by atoms with E-state index < -0.39 is 11.4 Å². The average Bonchev–Trinajstić information content (AvgIpc) is 2.99. The minimum atomic E-state index is -1.02. The number of pyridine rings is 1. The fourth-order valence-electron chi connectivity index (χ4n) is 1.46. The van der Waals surface area contributed by atoms with Gasteiger partial charge >= 0.3 is 5.97 Å². The van der Waals surface area contributed by atoms with Crippen molar-refractivity contribution in [2.75, 3.05) is 6.54 Å². The standard InChI is InChI=1S/C13H15N5O3/c1-13(2,12(20)21)6-16-11(19)9-3-4-10(15-5-9)18-8-14-7-17-18/h3-5,7-8H,6H2,1-2H3,(H,16,19)(H,20,21). The number of nitrogens with zero attached hydrogens (tertiary/aromatic N) is 4. The predicted octanol–water partition coefficient (Wildman–Crippen LogP) is 0.503. The molecule has 2 aromatic rings. The first-order valence-corrected chi connectivity index (χ1v) is 6.23. The van der Waals surface area contributed by atoms with Gasteiger partial charge in [-0.3, -0.25) is 9.59 Å². The lowest BCUT2D eigenvalue weighted by molar-refractivity contribution is -0.146. The third-order valence-electron chi connectivity index (χ3n) is 2.93. The zero-order valence-electron chi connectivity index (χ0n) is 11.6. The van der Waals surface area contributed by atoms with Crippen molar-refractivity contribution in [3.63, 3.8) is 0 Å². The van der Waals surface area contributed by atoms with Gasteiger partial charge in [0.05, 0.1) is 11.0 Å². The molecule has 0 spiro atoms.